The topological polar surface area (TPSA) is 37.8 Å². The minimum atomic E-state index is 0.707. The minimum absolute atomic E-state index is 0.707. The molecule has 1 aromatic heterocycles. The SMILES string of the molecule is Cc1cnc(CNC2CCCC2)cn1. The lowest BCUT2D eigenvalue weighted by molar-refractivity contribution is 0.518. The van der Waals surface area contributed by atoms with Gasteiger partial charge in [-0.15, -0.1) is 0 Å². The summed E-state index contributed by atoms with van der Waals surface area (Å²) in [4.78, 5) is 8.54. The molecule has 0 unspecified atom stereocenters. The molecule has 0 aliphatic heterocycles. The number of nitrogens with zero attached hydrogens (tertiary/aromatic N) is 2. The van der Waals surface area contributed by atoms with Crippen LogP contribution in [-0.2, 0) is 6.54 Å². The Balaban J connectivity index is 1.82. The highest BCUT2D eigenvalue weighted by molar-refractivity contribution is 5.00. The van der Waals surface area contributed by atoms with E-state index in [0.29, 0.717) is 6.04 Å². The number of nitrogens with one attached hydrogen (secondary N) is 1. The lowest BCUT2D eigenvalue weighted by Crippen LogP contribution is -2.25. The maximum Gasteiger partial charge on any atom is 0.0724 e. The van der Waals surface area contributed by atoms with Crippen LogP contribution in [0, 0.1) is 6.92 Å². The minimum Gasteiger partial charge on any atom is -0.308 e. The van der Waals surface area contributed by atoms with Gasteiger partial charge in [0, 0.05) is 25.0 Å². The van der Waals surface area contributed by atoms with Crippen molar-refractivity contribution in [3.8, 4) is 0 Å². The van der Waals surface area contributed by atoms with Crippen molar-refractivity contribution in [2.45, 2.75) is 45.2 Å². The Morgan fingerprint density at radius 2 is 2.07 bits per heavy atom. The predicted octanol–water partition coefficient (Wildman–Crippen LogP) is 1.82. The first kappa shape index (κ1) is 9.59. The van der Waals surface area contributed by atoms with Gasteiger partial charge in [-0.2, -0.15) is 0 Å². The van der Waals surface area contributed by atoms with Crippen LogP contribution in [-0.4, -0.2) is 16.0 Å². The van der Waals surface area contributed by atoms with Crippen LogP contribution in [0.1, 0.15) is 37.1 Å². The van der Waals surface area contributed by atoms with Crippen LogP contribution in [0.2, 0.25) is 0 Å². The van der Waals surface area contributed by atoms with Gasteiger partial charge in [0.15, 0.2) is 0 Å². The van der Waals surface area contributed by atoms with E-state index in [0.717, 1.165) is 17.9 Å². The molecular formula is C11H17N3. The van der Waals surface area contributed by atoms with Gasteiger partial charge in [0.05, 0.1) is 11.4 Å². The number of rotatable bonds is 3. The van der Waals surface area contributed by atoms with E-state index in [9.17, 15) is 0 Å². The number of hydrogen-bond donors (Lipinski definition) is 1. The van der Waals surface area contributed by atoms with Gasteiger partial charge in [-0.25, -0.2) is 0 Å². The molecule has 0 saturated heterocycles. The van der Waals surface area contributed by atoms with Crippen LogP contribution in [0.25, 0.3) is 0 Å². The molecular weight excluding hydrogens is 174 g/mol. The van der Waals surface area contributed by atoms with Gasteiger partial charge in [-0.3, -0.25) is 9.97 Å². The van der Waals surface area contributed by atoms with Crippen LogP contribution in [0.4, 0.5) is 0 Å². The summed E-state index contributed by atoms with van der Waals surface area (Å²) in [5.74, 6) is 0. The summed E-state index contributed by atoms with van der Waals surface area (Å²) >= 11 is 0. The maximum absolute atomic E-state index is 4.31. The zero-order valence-electron chi connectivity index (χ0n) is 8.66. The monoisotopic (exact) mass is 191 g/mol. The fraction of sp³-hybridized carbons (Fsp3) is 0.636. The normalized spacial score (nSPS) is 17.5. The zero-order chi connectivity index (χ0) is 9.80. The van der Waals surface area contributed by atoms with Crippen LogP contribution in [0.5, 0.6) is 0 Å². The summed E-state index contributed by atoms with van der Waals surface area (Å²) in [7, 11) is 0. The molecule has 1 aliphatic rings. The van der Waals surface area contributed by atoms with Crippen LogP contribution in [0.3, 0.4) is 0 Å². The average Bonchev–Trinajstić information content (AvgIpc) is 2.70. The molecule has 1 heterocycles. The van der Waals surface area contributed by atoms with E-state index in [1.54, 1.807) is 0 Å². The molecule has 0 bridgehead atoms. The van der Waals surface area contributed by atoms with Crippen molar-refractivity contribution in [1.29, 1.82) is 0 Å². The van der Waals surface area contributed by atoms with E-state index >= 15 is 0 Å². The Bertz CT molecular complexity index is 275. The van der Waals surface area contributed by atoms with Crippen LogP contribution < -0.4 is 5.32 Å². The Hall–Kier alpha value is -0.960. The van der Waals surface area contributed by atoms with E-state index < -0.39 is 0 Å². The third-order valence-corrected chi connectivity index (χ3v) is 2.76. The number of aromatic nitrogens is 2. The lowest BCUT2D eigenvalue weighted by atomic mass is 10.2. The molecule has 0 aromatic carbocycles. The molecule has 0 spiro atoms. The van der Waals surface area contributed by atoms with Crippen molar-refractivity contribution in [2.75, 3.05) is 0 Å². The van der Waals surface area contributed by atoms with Gasteiger partial charge in [0.25, 0.3) is 0 Å². The van der Waals surface area contributed by atoms with Crippen molar-refractivity contribution < 1.29 is 0 Å². The Morgan fingerprint density at radius 3 is 2.71 bits per heavy atom. The highest BCUT2D eigenvalue weighted by Crippen LogP contribution is 2.17. The molecule has 14 heavy (non-hydrogen) atoms. The standard InChI is InChI=1S/C11H17N3/c1-9-6-13-11(7-12-9)8-14-10-4-2-3-5-10/h6-7,10,14H,2-5,8H2,1H3. The van der Waals surface area contributed by atoms with Gasteiger partial charge in [0.2, 0.25) is 0 Å². The molecule has 76 valence electrons. The van der Waals surface area contributed by atoms with Crippen LogP contribution >= 0.6 is 0 Å². The molecule has 0 atom stereocenters. The van der Waals surface area contributed by atoms with E-state index in [4.69, 9.17) is 0 Å². The second kappa shape index (κ2) is 4.51. The van der Waals surface area contributed by atoms with Gasteiger partial charge in [-0.1, -0.05) is 12.8 Å². The summed E-state index contributed by atoms with van der Waals surface area (Å²) in [6, 6.07) is 0.707. The second-order valence-corrected chi connectivity index (χ2v) is 4.01. The Labute approximate surface area is 85.0 Å². The molecule has 0 radical (unpaired) electrons. The van der Waals surface area contributed by atoms with Crippen molar-refractivity contribution >= 4 is 0 Å². The summed E-state index contributed by atoms with van der Waals surface area (Å²) in [6.07, 6.45) is 9.07. The quantitative estimate of drug-likeness (QED) is 0.792. The zero-order valence-corrected chi connectivity index (χ0v) is 8.66. The van der Waals surface area contributed by atoms with Gasteiger partial charge < -0.3 is 5.32 Å². The molecule has 3 heteroatoms. The van der Waals surface area contributed by atoms with E-state index in [1.165, 1.54) is 25.7 Å². The lowest BCUT2D eigenvalue weighted by Gasteiger charge is -2.10. The maximum atomic E-state index is 4.31. The van der Waals surface area contributed by atoms with Crippen molar-refractivity contribution in [3.63, 3.8) is 0 Å². The molecule has 1 saturated carbocycles. The van der Waals surface area contributed by atoms with E-state index in [-0.39, 0.29) is 0 Å². The third-order valence-electron chi connectivity index (χ3n) is 2.76. The summed E-state index contributed by atoms with van der Waals surface area (Å²) in [5, 5.41) is 3.51. The summed E-state index contributed by atoms with van der Waals surface area (Å²) in [6.45, 7) is 2.82. The van der Waals surface area contributed by atoms with Gasteiger partial charge in [0.1, 0.15) is 0 Å². The van der Waals surface area contributed by atoms with E-state index in [1.807, 2.05) is 19.3 Å². The van der Waals surface area contributed by atoms with Crippen molar-refractivity contribution in [1.82, 2.24) is 15.3 Å². The fourth-order valence-corrected chi connectivity index (χ4v) is 1.89. The Morgan fingerprint density at radius 1 is 1.29 bits per heavy atom. The molecule has 1 aliphatic carbocycles. The molecule has 0 amide bonds. The van der Waals surface area contributed by atoms with Crippen molar-refractivity contribution in [3.05, 3.63) is 23.8 Å². The van der Waals surface area contributed by atoms with E-state index in [2.05, 4.69) is 15.3 Å². The highest BCUT2D eigenvalue weighted by Gasteiger charge is 2.13. The second-order valence-electron chi connectivity index (χ2n) is 4.01. The first-order chi connectivity index (χ1) is 6.84. The first-order valence-electron chi connectivity index (χ1n) is 5.35. The molecule has 1 fully saturated rings. The molecule has 1 aromatic rings. The smallest absolute Gasteiger partial charge is 0.0724 e. The summed E-state index contributed by atoms with van der Waals surface area (Å²) < 4.78 is 0. The molecule has 3 nitrogen and oxygen atoms in total. The number of aryl methyl sites for hydroxylation is 1. The van der Waals surface area contributed by atoms with Gasteiger partial charge in [-0.05, 0) is 19.8 Å². The van der Waals surface area contributed by atoms with Crippen LogP contribution in [0.15, 0.2) is 12.4 Å². The predicted molar refractivity (Wildman–Crippen MR) is 55.9 cm³/mol. The van der Waals surface area contributed by atoms with Crippen molar-refractivity contribution in [2.24, 2.45) is 0 Å². The Kier molecular flexibility index (Phi) is 3.09. The largest absolute Gasteiger partial charge is 0.308 e. The third kappa shape index (κ3) is 2.51. The first-order valence-corrected chi connectivity index (χ1v) is 5.35. The van der Waals surface area contributed by atoms with Gasteiger partial charge >= 0.3 is 0 Å². The molecule has 1 N–H and O–H groups in total. The summed E-state index contributed by atoms with van der Waals surface area (Å²) in [5.41, 5.74) is 2.03. The highest BCUT2D eigenvalue weighted by atomic mass is 14.9. The average molecular weight is 191 g/mol. The number of hydrogen-bond acceptors (Lipinski definition) is 3. The molecule has 2 rings (SSSR count). The fourth-order valence-electron chi connectivity index (χ4n) is 1.89.